The number of pyridine rings is 1. The van der Waals surface area contributed by atoms with Crippen LogP contribution in [0.25, 0.3) is 5.65 Å². The van der Waals surface area contributed by atoms with Crippen molar-refractivity contribution in [3.05, 3.63) is 71.2 Å². The van der Waals surface area contributed by atoms with Gasteiger partial charge in [0.25, 0.3) is 0 Å². The Bertz CT molecular complexity index is 726. The molecule has 0 fully saturated rings. The summed E-state index contributed by atoms with van der Waals surface area (Å²) in [5, 5.41) is 0. The summed E-state index contributed by atoms with van der Waals surface area (Å²) in [6.45, 7) is 2.08. The van der Waals surface area contributed by atoms with E-state index in [1.807, 2.05) is 16.7 Å². The summed E-state index contributed by atoms with van der Waals surface area (Å²) in [4.78, 5) is 15.3. The molecule has 94 valence electrons. The standard InChI is InChI=1S/C16H14N2O/c1-12-2-4-13(5-3-12)8-15-10-18-9-14(11-19)6-7-16(18)17-15/h2-7,9-11H,8H2,1H3. The van der Waals surface area contributed by atoms with E-state index in [1.54, 1.807) is 12.3 Å². The van der Waals surface area contributed by atoms with Crippen molar-refractivity contribution >= 4 is 11.9 Å². The lowest BCUT2D eigenvalue weighted by atomic mass is 10.1. The zero-order valence-electron chi connectivity index (χ0n) is 10.7. The minimum Gasteiger partial charge on any atom is -0.306 e. The molecule has 0 spiro atoms. The van der Waals surface area contributed by atoms with Crippen molar-refractivity contribution in [3.8, 4) is 0 Å². The second kappa shape index (κ2) is 4.69. The Balaban J connectivity index is 1.92. The maximum absolute atomic E-state index is 10.7. The van der Waals surface area contributed by atoms with E-state index < -0.39 is 0 Å². The predicted octanol–water partition coefficient (Wildman–Crippen LogP) is 3.05. The van der Waals surface area contributed by atoms with E-state index in [0.717, 1.165) is 24.0 Å². The molecule has 0 N–H and O–H groups in total. The molecule has 0 atom stereocenters. The first-order chi connectivity index (χ1) is 9.24. The Morgan fingerprint density at radius 1 is 1.11 bits per heavy atom. The molecule has 0 aliphatic carbocycles. The van der Waals surface area contributed by atoms with Crippen LogP contribution in [-0.4, -0.2) is 15.7 Å². The molecule has 0 saturated carbocycles. The third kappa shape index (κ3) is 2.40. The van der Waals surface area contributed by atoms with E-state index in [1.165, 1.54) is 11.1 Å². The van der Waals surface area contributed by atoms with Crippen molar-refractivity contribution in [3.63, 3.8) is 0 Å². The van der Waals surface area contributed by atoms with Gasteiger partial charge in [0.15, 0.2) is 6.29 Å². The maximum atomic E-state index is 10.7. The normalized spacial score (nSPS) is 10.8. The number of nitrogens with zero attached hydrogens (tertiary/aromatic N) is 2. The predicted molar refractivity (Wildman–Crippen MR) is 74.6 cm³/mol. The fourth-order valence-electron chi connectivity index (χ4n) is 2.13. The van der Waals surface area contributed by atoms with Crippen LogP contribution in [0.1, 0.15) is 27.2 Å². The first kappa shape index (κ1) is 11.7. The van der Waals surface area contributed by atoms with Gasteiger partial charge in [-0.3, -0.25) is 4.79 Å². The van der Waals surface area contributed by atoms with Gasteiger partial charge in [0, 0.05) is 24.4 Å². The van der Waals surface area contributed by atoms with Crippen molar-refractivity contribution in [1.29, 1.82) is 0 Å². The zero-order chi connectivity index (χ0) is 13.2. The van der Waals surface area contributed by atoms with Gasteiger partial charge in [-0.2, -0.15) is 0 Å². The lowest BCUT2D eigenvalue weighted by Gasteiger charge is -1.98. The second-order valence-electron chi connectivity index (χ2n) is 4.74. The Hall–Kier alpha value is -2.42. The number of imidazole rings is 1. The summed E-state index contributed by atoms with van der Waals surface area (Å²) >= 11 is 0. The molecule has 3 nitrogen and oxygen atoms in total. The molecule has 0 unspecified atom stereocenters. The van der Waals surface area contributed by atoms with Crippen molar-refractivity contribution in [2.24, 2.45) is 0 Å². The van der Waals surface area contributed by atoms with E-state index in [2.05, 4.69) is 36.2 Å². The SMILES string of the molecule is Cc1ccc(Cc2cn3cc(C=O)ccc3n2)cc1. The smallest absolute Gasteiger partial charge is 0.151 e. The molecule has 1 aromatic carbocycles. The minimum atomic E-state index is 0.659. The summed E-state index contributed by atoms with van der Waals surface area (Å²) in [5.41, 5.74) is 5.03. The molecule has 0 amide bonds. The molecule has 0 aliphatic rings. The molecular formula is C16H14N2O. The van der Waals surface area contributed by atoms with Crippen molar-refractivity contribution in [1.82, 2.24) is 9.38 Å². The lowest BCUT2D eigenvalue weighted by molar-refractivity contribution is 0.112. The lowest BCUT2D eigenvalue weighted by Crippen LogP contribution is -1.87. The number of fused-ring (bicyclic) bond motifs is 1. The van der Waals surface area contributed by atoms with Gasteiger partial charge in [0.2, 0.25) is 0 Å². The second-order valence-corrected chi connectivity index (χ2v) is 4.74. The number of aromatic nitrogens is 2. The highest BCUT2D eigenvalue weighted by Crippen LogP contribution is 2.12. The van der Waals surface area contributed by atoms with Crippen molar-refractivity contribution < 1.29 is 4.79 Å². The summed E-state index contributed by atoms with van der Waals surface area (Å²) < 4.78 is 1.90. The van der Waals surface area contributed by atoms with Crippen LogP contribution in [0.15, 0.2) is 48.8 Å². The van der Waals surface area contributed by atoms with Crippen LogP contribution in [0.4, 0.5) is 0 Å². The molecule has 0 saturated heterocycles. The molecule has 3 aromatic rings. The van der Waals surface area contributed by atoms with Crippen LogP contribution < -0.4 is 0 Å². The molecule has 19 heavy (non-hydrogen) atoms. The Kier molecular flexibility index (Phi) is 2.88. The van der Waals surface area contributed by atoms with E-state index in [0.29, 0.717) is 5.56 Å². The van der Waals surface area contributed by atoms with Gasteiger partial charge in [-0.05, 0) is 24.6 Å². The highest BCUT2D eigenvalue weighted by atomic mass is 16.1. The van der Waals surface area contributed by atoms with E-state index in [-0.39, 0.29) is 0 Å². The highest BCUT2D eigenvalue weighted by molar-refractivity contribution is 5.74. The van der Waals surface area contributed by atoms with Crippen LogP contribution >= 0.6 is 0 Å². The fourth-order valence-corrected chi connectivity index (χ4v) is 2.13. The van der Waals surface area contributed by atoms with E-state index in [9.17, 15) is 4.79 Å². The third-order valence-corrected chi connectivity index (χ3v) is 3.17. The maximum Gasteiger partial charge on any atom is 0.151 e. The number of aldehydes is 1. The largest absolute Gasteiger partial charge is 0.306 e. The monoisotopic (exact) mass is 250 g/mol. The summed E-state index contributed by atoms with van der Waals surface area (Å²) in [5.74, 6) is 0. The molecular weight excluding hydrogens is 236 g/mol. The average molecular weight is 250 g/mol. The minimum absolute atomic E-state index is 0.659. The van der Waals surface area contributed by atoms with Gasteiger partial charge >= 0.3 is 0 Å². The van der Waals surface area contributed by atoms with E-state index in [4.69, 9.17) is 0 Å². The zero-order valence-corrected chi connectivity index (χ0v) is 10.7. The quantitative estimate of drug-likeness (QED) is 0.669. The Morgan fingerprint density at radius 3 is 2.63 bits per heavy atom. The van der Waals surface area contributed by atoms with Gasteiger partial charge < -0.3 is 4.40 Å². The Labute approximate surface area is 111 Å². The van der Waals surface area contributed by atoms with Crippen molar-refractivity contribution in [2.45, 2.75) is 13.3 Å². The fraction of sp³-hybridized carbons (Fsp3) is 0.125. The average Bonchev–Trinajstić information content (AvgIpc) is 2.82. The number of carbonyl (C=O) groups is 1. The molecule has 2 heterocycles. The topological polar surface area (TPSA) is 34.4 Å². The van der Waals surface area contributed by atoms with Gasteiger partial charge in [-0.25, -0.2) is 4.98 Å². The Morgan fingerprint density at radius 2 is 1.89 bits per heavy atom. The molecule has 3 rings (SSSR count). The van der Waals surface area contributed by atoms with Crippen LogP contribution in [0.3, 0.4) is 0 Å². The first-order valence-electron chi connectivity index (χ1n) is 6.23. The number of hydrogen-bond donors (Lipinski definition) is 0. The number of carbonyl (C=O) groups excluding carboxylic acids is 1. The third-order valence-electron chi connectivity index (χ3n) is 3.17. The van der Waals surface area contributed by atoms with Crippen LogP contribution in [0.2, 0.25) is 0 Å². The van der Waals surface area contributed by atoms with Gasteiger partial charge in [0.1, 0.15) is 5.65 Å². The number of aryl methyl sites for hydroxylation is 1. The molecule has 2 aromatic heterocycles. The number of hydrogen-bond acceptors (Lipinski definition) is 2. The molecule has 0 aliphatic heterocycles. The molecule has 3 heteroatoms. The van der Waals surface area contributed by atoms with Gasteiger partial charge in [-0.15, -0.1) is 0 Å². The highest BCUT2D eigenvalue weighted by Gasteiger charge is 2.03. The summed E-state index contributed by atoms with van der Waals surface area (Å²) in [6, 6.07) is 12.1. The number of benzene rings is 1. The van der Waals surface area contributed by atoms with Crippen LogP contribution in [0, 0.1) is 6.92 Å². The summed E-state index contributed by atoms with van der Waals surface area (Å²) in [7, 11) is 0. The first-order valence-corrected chi connectivity index (χ1v) is 6.23. The van der Waals surface area contributed by atoms with Gasteiger partial charge in [-0.1, -0.05) is 29.8 Å². The number of rotatable bonds is 3. The molecule has 0 bridgehead atoms. The van der Waals surface area contributed by atoms with Crippen molar-refractivity contribution in [2.75, 3.05) is 0 Å². The van der Waals surface area contributed by atoms with E-state index >= 15 is 0 Å². The summed E-state index contributed by atoms with van der Waals surface area (Å²) in [6.07, 6.45) is 5.42. The van der Waals surface area contributed by atoms with Gasteiger partial charge in [0.05, 0.1) is 5.69 Å². The van der Waals surface area contributed by atoms with Crippen LogP contribution in [-0.2, 0) is 6.42 Å². The van der Waals surface area contributed by atoms with Crippen LogP contribution in [0.5, 0.6) is 0 Å². The molecule has 0 radical (unpaired) electrons.